The summed E-state index contributed by atoms with van der Waals surface area (Å²) >= 11 is 0. The second-order valence-corrected chi connectivity index (χ2v) is 3.59. The molecule has 74 valence electrons. The van der Waals surface area contributed by atoms with Gasteiger partial charge in [0.05, 0.1) is 11.6 Å². The van der Waals surface area contributed by atoms with Crippen LogP contribution in [0.3, 0.4) is 0 Å². The first-order valence-electron chi connectivity index (χ1n) is 4.55. The molecular formula is C12H16N2. The van der Waals surface area contributed by atoms with Crippen LogP contribution in [0.4, 0.5) is 5.69 Å². The van der Waals surface area contributed by atoms with Crippen molar-refractivity contribution >= 4 is 11.3 Å². The average Bonchev–Trinajstić information content (AvgIpc) is 2.16. The molecule has 0 fully saturated rings. The third kappa shape index (κ3) is 1.94. The van der Waals surface area contributed by atoms with Crippen molar-refractivity contribution in [2.24, 2.45) is 0 Å². The number of nitrogens with two attached hydrogens (primary N) is 1. The van der Waals surface area contributed by atoms with Crippen LogP contribution in [-0.4, -0.2) is 0 Å². The van der Waals surface area contributed by atoms with E-state index in [1.165, 1.54) is 5.56 Å². The third-order valence-corrected chi connectivity index (χ3v) is 2.20. The maximum absolute atomic E-state index is 8.69. The van der Waals surface area contributed by atoms with E-state index in [0.717, 1.165) is 5.56 Å². The molecule has 2 heteroatoms. The lowest BCUT2D eigenvalue weighted by Crippen LogP contribution is -1.95. The van der Waals surface area contributed by atoms with Crippen molar-refractivity contribution in [1.82, 2.24) is 0 Å². The zero-order valence-electron chi connectivity index (χ0n) is 8.54. The third-order valence-electron chi connectivity index (χ3n) is 2.20. The molecule has 1 rings (SSSR count). The molecule has 0 saturated heterocycles. The highest BCUT2D eigenvalue weighted by Gasteiger charge is 2.05. The van der Waals surface area contributed by atoms with Gasteiger partial charge in [0.1, 0.15) is 0 Å². The molecule has 0 bridgehead atoms. The molecule has 0 aliphatic carbocycles. The fourth-order valence-corrected chi connectivity index (χ4v) is 1.28. The lowest BCUT2D eigenvalue weighted by atomic mass is 9.98. The van der Waals surface area contributed by atoms with Crippen LogP contribution in [-0.2, 0) is 0 Å². The van der Waals surface area contributed by atoms with Crippen LogP contribution in [0.1, 0.15) is 32.3 Å². The number of hydrogen-bond donors (Lipinski definition) is 1. The van der Waals surface area contributed by atoms with Gasteiger partial charge in [0.25, 0.3) is 0 Å². The Kier molecular flexibility index (Phi) is 2.93. The van der Waals surface area contributed by atoms with E-state index in [1.807, 2.05) is 24.3 Å². The number of hydrogen-bond acceptors (Lipinski definition) is 2. The molecule has 0 heterocycles. The zero-order valence-corrected chi connectivity index (χ0v) is 8.54. The quantitative estimate of drug-likeness (QED) is 0.572. The fraction of sp³-hybridized carbons (Fsp3) is 0.250. The molecule has 0 aliphatic rings. The molecule has 1 aromatic rings. The van der Waals surface area contributed by atoms with Crippen LogP contribution in [0, 0.1) is 11.3 Å². The summed E-state index contributed by atoms with van der Waals surface area (Å²) in [5.41, 5.74) is 8.78. The Morgan fingerprint density at radius 2 is 2.21 bits per heavy atom. The molecule has 14 heavy (non-hydrogen) atoms. The highest BCUT2D eigenvalue weighted by molar-refractivity contribution is 5.82. The Morgan fingerprint density at radius 3 is 2.64 bits per heavy atom. The maximum atomic E-state index is 8.69. The van der Waals surface area contributed by atoms with Gasteiger partial charge in [-0.25, -0.2) is 0 Å². The predicted octanol–water partition coefficient (Wildman–Crippen LogP) is 3.17. The van der Waals surface area contributed by atoms with Crippen LogP contribution in [0.15, 0.2) is 24.8 Å². The molecule has 1 aromatic carbocycles. The molecule has 0 radical (unpaired) electrons. The first-order chi connectivity index (χ1) is 6.56. The van der Waals surface area contributed by atoms with Gasteiger partial charge in [0.2, 0.25) is 0 Å². The van der Waals surface area contributed by atoms with Gasteiger partial charge in [-0.1, -0.05) is 32.6 Å². The molecular weight excluding hydrogens is 172 g/mol. The van der Waals surface area contributed by atoms with Gasteiger partial charge in [-0.05, 0) is 17.5 Å². The summed E-state index contributed by atoms with van der Waals surface area (Å²) in [6.45, 7) is 7.85. The second-order valence-electron chi connectivity index (χ2n) is 3.59. The van der Waals surface area contributed by atoms with E-state index in [1.54, 1.807) is 0 Å². The number of nitrogen functional groups attached to an aromatic ring is 1. The van der Waals surface area contributed by atoms with E-state index in [-0.39, 0.29) is 1.43 Å². The van der Waals surface area contributed by atoms with Crippen LogP contribution in [0.5, 0.6) is 0 Å². The summed E-state index contributed by atoms with van der Waals surface area (Å²) in [6.07, 6.45) is 0. The molecule has 0 unspecified atom stereocenters. The number of nitrogens with zero attached hydrogens (tertiary/aromatic N) is 1. The first kappa shape index (κ1) is 10.3. The summed E-state index contributed by atoms with van der Waals surface area (Å²) in [5, 5.41) is 8.69. The molecule has 2 nitrogen and oxygen atoms in total. The summed E-state index contributed by atoms with van der Waals surface area (Å²) in [7, 11) is 0. The van der Waals surface area contributed by atoms with Gasteiger partial charge >= 0.3 is 0 Å². The minimum atomic E-state index is 0. The lowest BCUT2D eigenvalue weighted by Gasteiger charge is -2.09. The Bertz CT molecular complexity index is 403. The number of benzene rings is 1. The van der Waals surface area contributed by atoms with Gasteiger partial charge in [0.15, 0.2) is 0 Å². The van der Waals surface area contributed by atoms with E-state index >= 15 is 0 Å². The van der Waals surface area contributed by atoms with Gasteiger partial charge in [0, 0.05) is 12.7 Å². The average molecular weight is 188 g/mol. The zero-order chi connectivity index (χ0) is 10.7. The van der Waals surface area contributed by atoms with Gasteiger partial charge in [-0.3, -0.25) is 0 Å². The second kappa shape index (κ2) is 3.97. The van der Waals surface area contributed by atoms with Crippen LogP contribution in [0.25, 0.3) is 5.57 Å². The minimum Gasteiger partial charge on any atom is -0.398 e. The highest BCUT2D eigenvalue weighted by atomic mass is 14.6. The summed E-state index contributed by atoms with van der Waals surface area (Å²) in [5.74, 6) is 0.446. The highest BCUT2D eigenvalue weighted by Crippen LogP contribution is 2.24. The fourth-order valence-electron chi connectivity index (χ4n) is 1.28. The SMILES string of the molecule is C=C(C#N)c1ccc(C(C)C)cc1N.[HH]. The normalized spacial score (nSPS) is 9.86. The molecule has 0 amide bonds. The Hall–Kier alpha value is -1.75. The van der Waals surface area contributed by atoms with Crippen LogP contribution >= 0.6 is 0 Å². The van der Waals surface area contributed by atoms with Crippen molar-refractivity contribution in [3.05, 3.63) is 35.9 Å². The molecule has 0 aromatic heterocycles. The Balaban J connectivity index is 0.00000196. The van der Waals surface area contributed by atoms with E-state index in [4.69, 9.17) is 11.0 Å². The minimum absolute atomic E-state index is 0. The smallest absolute Gasteiger partial charge is 0.0992 e. The topological polar surface area (TPSA) is 49.8 Å². The molecule has 0 atom stereocenters. The summed E-state index contributed by atoms with van der Waals surface area (Å²) < 4.78 is 0. The van der Waals surface area contributed by atoms with E-state index in [0.29, 0.717) is 17.2 Å². The van der Waals surface area contributed by atoms with E-state index in [9.17, 15) is 0 Å². The van der Waals surface area contributed by atoms with Crippen molar-refractivity contribution in [3.63, 3.8) is 0 Å². The lowest BCUT2D eigenvalue weighted by molar-refractivity contribution is 0.867. The maximum Gasteiger partial charge on any atom is 0.0992 e. The predicted molar refractivity (Wildman–Crippen MR) is 61.7 cm³/mol. The molecule has 0 spiro atoms. The summed E-state index contributed by atoms with van der Waals surface area (Å²) in [6, 6.07) is 7.74. The monoisotopic (exact) mass is 188 g/mol. The Morgan fingerprint density at radius 1 is 1.57 bits per heavy atom. The summed E-state index contributed by atoms with van der Waals surface area (Å²) in [4.78, 5) is 0. The van der Waals surface area contributed by atoms with Crippen molar-refractivity contribution in [2.75, 3.05) is 5.73 Å². The number of allylic oxidation sites excluding steroid dienone is 1. The standard InChI is InChI=1S/C12H14N2.H2/c1-8(2)10-4-5-11(9(3)7-13)12(14)6-10;/h4-6,8H,3,14H2,1-2H3;1H. The molecule has 0 aliphatic heterocycles. The van der Waals surface area contributed by atoms with Crippen molar-refractivity contribution in [1.29, 1.82) is 5.26 Å². The van der Waals surface area contributed by atoms with Gasteiger partial charge < -0.3 is 5.73 Å². The van der Waals surface area contributed by atoms with E-state index < -0.39 is 0 Å². The first-order valence-corrected chi connectivity index (χ1v) is 4.55. The molecule has 0 saturated carbocycles. The molecule has 2 N–H and O–H groups in total. The number of anilines is 1. The van der Waals surface area contributed by atoms with Crippen molar-refractivity contribution in [2.45, 2.75) is 19.8 Å². The van der Waals surface area contributed by atoms with Crippen LogP contribution < -0.4 is 5.73 Å². The van der Waals surface area contributed by atoms with Gasteiger partial charge in [-0.15, -0.1) is 0 Å². The van der Waals surface area contributed by atoms with Crippen molar-refractivity contribution < 1.29 is 1.43 Å². The number of nitriles is 1. The Labute approximate surface area is 86.1 Å². The van der Waals surface area contributed by atoms with Gasteiger partial charge in [-0.2, -0.15) is 5.26 Å². The van der Waals surface area contributed by atoms with Crippen molar-refractivity contribution in [3.8, 4) is 6.07 Å². The largest absolute Gasteiger partial charge is 0.398 e. The van der Waals surface area contributed by atoms with E-state index in [2.05, 4.69) is 20.4 Å². The van der Waals surface area contributed by atoms with Crippen LogP contribution in [0.2, 0.25) is 0 Å². The number of rotatable bonds is 2.